The molecule has 0 atom stereocenters. The van der Waals surface area contributed by atoms with Gasteiger partial charge in [-0.15, -0.1) is 0 Å². The number of fused-ring (bicyclic) bond motifs is 1. The molecule has 3 aromatic carbocycles. The Morgan fingerprint density at radius 2 is 1.86 bits per heavy atom. The van der Waals surface area contributed by atoms with E-state index in [0.29, 0.717) is 38.3 Å². The van der Waals surface area contributed by atoms with E-state index in [2.05, 4.69) is 0 Å². The summed E-state index contributed by atoms with van der Waals surface area (Å²) >= 11 is 7.52. The normalized spacial score (nSPS) is 11.0. The minimum Gasteiger partial charge on any atom is -0.495 e. The van der Waals surface area contributed by atoms with Crippen molar-refractivity contribution in [2.24, 2.45) is 0 Å². The molecule has 0 fully saturated rings. The summed E-state index contributed by atoms with van der Waals surface area (Å²) in [6, 6.07) is 18.8. The highest BCUT2D eigenvalue weighted by atomic mass is 35.5. The minimum absolute atomic E-state index is 0.187. The fraction of sp³-hybridized carbons (Fsp3) is 0.0909. The molecule has 7 heteroatoms. The Morgan fingerprint density at radius 3 is 2.66 bits per heavy atom. The fourth-order valence-electron chi connectivity index (χ4n) is 3.02. The summed E-state index contributed by atoms with van der Waals surface area (Å²) in [7, 11) is 1.56. The second-order valence-corrected chi connectivity index (χ2v) is 7.60. The SMILES string of the molecule is COc1ccccc1-n1c(SCc2ccc(F)cc2Cl)nc2ccccc2c1=O. The van der Waals surface area contributed by atoms with Crippen molar-refractivity contribution >= 4 is 34.3 Å². The van der Waals surface area contributed by atoms with Gasteiger partial charge in [0.15, 0.2) is 5.16 Å². The van der Waals surface area contributed by atoms with Crippen molar-refractivity contribution in [2.75, 3.05) is 7.11 Å². The Labute approximate surface area is 175 Å². The lowest BCUT2D eigenvalue weighted by atomic mass is 10.2. The van der Waals surface area contributed by atoms with Crippen molar-refractivity contribution < 1.29 is 9.13 Å². The summed E-state index contributed by atoms with van der Waals surface area (Å²) in [5, 5.41) is 1.35. The number of halogens is 2. The fourth-order valence-corrected chi connectivity index (χ4v) is 4.34. The van der Waals surface area contributed by atoms with Gasteiger partial charge >= 0.3 is 0 Å². The first-order valence-corrected chi connectivity index (χ1v) is 10.2. The molecule has 146 valence electrons. The smallest absolute Gasteiger partial charge is 0.266 e. The summed E-state index contributed by atoms with van der Waals surface area (Å²) < 4.78 is 20.3. The van der Waals surface area contributed by atoms with Gasteiger partial charge in [0.2, 0.25) is 0 Å². The molecule has 0 saturated carbocycles. The van der Waals surface area contributed by atoms with Crippen LogP contribution in [0.3, 0.4) is 0 Å². The average Bonchev–Trinajstić information content (AvgIpc) is 2.73. The van der Waals surface area contributed by atoms with E-state index < -0.39 is 5.82 Å². The van der Waals surface area contributed by atoms with Gasteiger partial charge in [-0.1, -0.05) is 53.7 Å². The zero-order valence-electron chi connectivity index (χ0n) is 15.4. The van der Waals surface area contributed by atoms with Gasteiger partial charge in [0, 0.05) is 10.8 Å². The van der Waals surface area contributed by atoms with E-state index >= 15 is 0 Å². The second kappa shape index (κ2) is 8.27. The lowest BCUT2D eigenvalue weighted by Crippen LogP contribution is -2.22. The van der Waals surface area contributed by atoms with Crippen molar-refractivity contribution in [1.82, 2.24) is 9.55 Å². The van der Waals surface area contributed by atoms with Crippen molar-refractivity contribution in [1.29, 1.82) is 0 Å². The second-order valence-electron chi connectivity index (χ2n) is 6.25. The lowest BCUT2D eigenvalue weighted by Gasteiger charge is -2.16. The summed E-state index contributed by atoms with van der Waals surface area (Å²) in [4.78, 5) is 18.0. The number of nitrogens with zero attached hydrogens (tertiary/aromatic N) is 2. The molecule has 0 radical (unpaired) electrons. The van der Waals surface area contributed by atoms with Crippen LogP contribution in [0, 0.1) is 5.82 Å². The number of hydrogen-bond donors (Lipinski definition) is 0. The molecule has 0 N–H and O–H groups in total. The molecule has 0 aliphatic heterocycles. The maximum Gasteiger partial charge on any atom is 0.266 e. The van der Waals surface area contributed by atoms with Gasteiger partial charge in [0.25, 0.3) is 5.56 Å². The van der Waals surface area contributed by atoms with E-state index in [9.17, 15) is 9.18 Å². The zero-order chi connectivity index (χ0) is 20.4. The number of aromatic nitrogens is 2. The largest absolute Gasteiger partial charge is 0.495 e. The maximum absolute atomic E-state index is 13.3. The summed E-state index contributed by atoms with van der Waals surface area (Å²) in [5.74, 6) is 0.603. The molecule has 0 aliphatic carbocycles. The van der Waals surface area contributed by atoms with Gasteiger partial charge in [-0.3, -0.25) is 9.36 Å². The Kier molecular flexibility index (Phi) is 5.56. The highest BCUT2D eigenvalue weighted by Gasteiger charge is 2.16. The highest BCUT2D eigenvalue weighted by molar-refractivity contribution is 7.98. The van der Waals surface area contributed by atoms with Gasteiger partial charge in [-0.05, 0) is 42.0 Å². The third-order valence-corrected chi connectivity index (χ3v) is 5.78. The number of para-hydroxylation sites is 3. The van der Waals surface area contributed by atoms with E-state index in [1.165, 1.54) is 23.9 Å². The van der Waals surface area contributed by atoms with E-state index in [1.807, 2.05) is 30.3 Å². The Bertz CT molecular complexity index is 1260. The van der Waals surface area contributed by atoms with Crippen molar-refractivity contribution in [2.45, 2.75) is 10.9 Å². The van der Waals surface area contributed by atoms with Gasteiger partial charge < -0.3 is 4.74 Å². The van der Waals surface area contributed by atoms with Crippen LogP contribution in [0.15, 0.2) is 76.7 Å². The Morgan fingerprint density at radius 1 is 1.10 bits per heavy atom. The van der Waals surface area contributed by atoms with Crippen LogP contribution >= 0.6 is 23.4 Å². The van der Waals surface area contributed by atoms with Crippen molar-refractivity contribution in [3.8, 4) is 11.4 Å². The van der Waals surface area contributed by atoms with Crippen molar-refractivity contribution in [3.05, 3.63) is 93.5 Å². The highest BCUT2D eigenvalue weighted by Crippen LogP contribution is 2.30. The van der Waals surface area contributed by atoms with Gasteiger partial charge in [0.05, 0.1) is 23.7 Å². The van der Waals surface area contributed by atoms with E-state index in [1.54, 1.807) is 35.9 Å². The first kappa shape index (κ1) is 19.5. The van der Waals surface area contributed by atoms with Crippen molar-refractivity contribution in [3.63, 3.8) is 0 Å². The number of hydrogen-bond acceptors (Lipinski definition) is 4. The monoisotopic (exact) mass is 426 g/mol. The summed E-state index contributed by atoms with van der Waals surface area (Å²) in [6.45, 7) is 0. The number of ether oxygens (including phenoxy) is 1. The maximum atomic E-state index is 13.3. The molecule has 1 heterocycles. The molecule has 0 aliphatic rings. The van der Waals surface area contributed by atoms with Gasteiger partial charge in [-0.2, -0.15) is 0 Å². The molecule has 0 amide bonds. The number of benzene rings is 3. The molecule has 0 saturated heterocycles. The van der Waals surface area contributed by atoms with Crippen LogP contribution in [0.25, 0.3) is 16.6 Å². The standard InChI is InChI=1S/C22H16ClFN2O2S/c1-28-20-9-5-4-8-19(20)26-21(27)16-6-2-3-7-18(16)25-22(26)29-13-14-10-11-15(24)12-17(14)23/h2-12H,13H2,1H3. The predicted octanol–water partition coefficient (Wildman–Crippen LogP) is 5.48. The number of methoxy groups -OCH3 is 1. The molecular formula is C22H16ClFN2O2S. The van der Waals surface area contributed by atoms with E-state index in [4.69, 9.17) is 21.3 Å². The summed E-state index contributed by atoms with van der Waals surface area (Å²) in [5.41, 5.74) is 1.78. The molecule has 0 spiro atoms. The molecule has 1 aromatic heterocycles. The first-order valence-electron chi connectivity index (χ1n) is 8.80. The number of thioether (sulfide) groups is 1. The van der Waals surface area contributed by atoms with Crippen LogP contribution in [0.4, 0.5) is 4.39 Å². The first-order chi connectivity index (χ1) is 14.1. The van der Waals surface area contributed by atoms with E-state index in [-0.39, 0.29) is 5.56 Å². The van der Waals surface area contributed by atoms with Gasteiger partial charge in [-0.25, -0.2) is 9.37 Å². The zero-order valence-corrected chi connectivity index (χ0v) is 17.0. The van der Waals surface area contributed by atoms with Crippen LogP contribution < -0.4 is 10.3 Å². The predicted molar refractivity (Wildman–Crippen MR) is 115 cm³/mol. The quantitative estimate of drug-likeness (QED) is 0.313. The molecule has 0 bridgehead atoms. The third-order valence-electron chi connectivity index (χ3n) is 4.44. The third kappa shape index (κ3) is 3.86. The molecular weight excluding hydrogens is 411 g/mol. The van der Waals surface area contributed by atoms with Crippen LogP contribution in [0.5, 0.6) is 5.75 Å². The van der Waals surface area contributed by atoms with Crippen LogP contribution in [-0.2, 0) is 5.75 Å². The average molecular weight is 427 g/mol. The van der Waals surface area contributed by atoms with Crippen LogP contribution in [-0.4, -0.2) is 16.7 Å². The molecule has 0 unspecified atom stereocenters. The number of rotatable bonds is 5. The molecule has 4 aromatic rings. The Balaban J connectivity index is 1.86. The molecule has 29 heavy (non-hydrogen) atoms. The Hall–Kier alpha value is -2.83. The van der Waals surface area contributed by atoms with E-state index in [0.717, 1.165) is 5.56 Å². The van der Waals surface area contributed by atoms with Crippen LogP contribution in [0.2, 0.25) is 5.02 Å². The minimum atomic E-state index is -0.390. The van der Waals surface area contributed by atoms with Crippen LogP contribution in [0.1, 0.15) is 5.56 Å². The summed E-state index contributed by atoms with van der Waals surface area (Å²) in [6.07, 6.45) is 0. The molecule has 4 rings (SSSR count). The topological polar surface area (TPSA) is 44.1 Å². The lowest BCUT2D eigenvalue weighted by molar-refractivity contribution is 0.411. The van der Waals surface area contributed by atoms with Gasteiger partial charge in [0.1, 0.15) is 11.6 Å². The molecule has 4 nitrogen and oxygen atoms in total.